The molecule has 1 aliphatic heterocycles. The molecule has 500 valence electrons. The quantitative estimate of drug-likeness (QED) is 0.0941. The zero-order valence-electron chi connectivity index (χ0n) is 52.5. The maximum absolute atomic E-state index is 4.58. The Morgan fingerprint density at radius 3 is 1.09 bits per heavy atom. The lowest BCUT2D eigenvalue weighted by Gasteiger charge is -1.76. The van der Waals surface area contributed by atoms with E-state index in [0.717, 1.165) is 0 Å². The van der Waals surface area contributed by atoms with Crippen LogP contribution in [0.2, 0.25) is 0 Å². The van der Waals surface area contributed by atoms with Crippen LogP contribution >= 0.6 is 34.2 Å². The van der Waals surface area contributed by atoms with Crippen molar-refractivity contribution in [2.45, 2.75) is 12.8 Å². The van der Waals surface area contributed by atoms with Gasteiger partial charge in [0.2, 0.25) is 0 Å². The smallest absolute Gasteiger partial charge is 0.180 e. The summed E-state index contributed by atoms with van der Waals surface area (Å²) in [6.07, 6.45) is 60.0. The Hall–Kier alpha value is -12.8. The van der Waals surface area contributed by atoms with Gasteiger partial charge in [0.1, 0.15) is 44.2 Å². The molecule has 0 atom stereocenters. The Morgan fingerprint density at radius 2 is 0.918 bits per heavy atom. The predicted molar refractivity (Wildman–Crippen MR) is 375 cm³/mol. The Morgan fingerprint density at radius 1 is 0.299 bits per heavy atom. The van der Waals surface area contributed by atoms with Gasteiger partial charge in [-0.1, -0.05) is 59.8 Å². The van der Waals surface area contributed by atoms with Gasteiger partial charge in [-0.05, 0) is 127 Å². The van der Waals surface area contributed by atoms with Gasteiger partial charge in [-0.3, -0.25) is 30.1 Å². The molecule has 0 saturated carbocycles. The molecule has 31 heteroatoms. The van der Waals surface area contributed by atoms with Crippen molar-refractivity contribution in [3.63, 3.8) is 0 Å². The van der Waals surface area contributed by atoms with Gasteiger partial charge in [0.25, 0.3) is 0 Å². The fraction of sp³-hybridized carbons (Fsp3) is 0.0606. The van der Waals surface area contributed by atoms with E-state index in [1.807, 2.05) is 149 Å². The molecule has 0 bridgehead atoms. The van der Waals surface area contributed by atoms with Crippen LogP contribution in [-0.2, 0) is 0 Å². The number of thiazole rings is 1. The minimum absolute atomic E-state index is 1.25. The molecule has 0 radical (unpaired) electrons. The van der Waals surface area contributed by atoms with E-state index in [4.69, 9.17) is 0 Å². The highest BCUT2D eigenvalue weighted by atomic mass is 32.1. The second kappa shape index (κ2) is 79.3. The number of thiophene rings is 1. The van der Waals surface area contributed by atoms with E-state index >= 15 is 0 Å². The molecule has 1 fully saturated rings. The van der Waals surface area contributed by atoms with Crippen LogP contribution in [0.15, 0.2) is 392 Å². The second-order valence-electron chi connectivity index (χ2n) is 15.4. The van der Waals surface area contributed by atoms with Crippen molar-refractivity contribution < 1.29 is 13.4 Å². The van der Waals surface area contributed by atoms with Crippen LogP contribution in [0.1, 0.15) is 12.8 Å². The van der Waals surface area contributed by atoms with Crippen molar-refractivity contribution >= 4 is 34.2 Å². The first kappa shape index (κ1) is 82.2. The van der Waals surface area contributed by atoms with E-state index in [1.54, 1.807) is 195 Å². The van der Waals surface area contributed by atoms with E-state index in [-0.39, 0.29) is 0 Å². The monoisotopic (exact) mass is 1360 g/mol. The van der Waals surface area contributed by atoms with Gasteiger partial charge < -0.3 is 28.6 Å². The fourth-order valence-electron chi connectivity index (χ4n) is 4.57. The molecule has 18 rings (SSSR count). The number of benzene rings is 1. The molecule has 5 N–H and O–H groups in total. The summed E-state index contributed by atoms with van der Waals surface area (Å²) in [5.74, 6) is 0. The van der Waals surface area contributed by atoms with Gasteiger partial charge in [0, 0.05) is 141 Å². The van der Waals surface area contributed by atoms with E-state index in [0.29, 0.717) is 0 Å². The number of hydrogen-bond donors (Lipinski definition) is 5. The lowest BCUT2D eigenvalue weighted by molar-refractivity contribution is 0.420. The normalized spacial score (nSPS) is 8.82. The summed E-state index contributed by atoms with van der Waals surface area (Å²) >= 11 is 4.78. The highest BCUT2D eigenvalue weighted by Crippen LogP contribution is 1.92. The van der Waals surface area contributed by atoms with E-state index in [1.165, 1.54) is 94.2 Å². The summed E-state index contributed by atoms with van der Waals surface area (Å²) in [5, 5.41) is 40.7. The summed E-state index contributed by atoms with van der Waals surface area (Å²) in [4.78, 5) is 49.7. The zero-order chi connectivity index (χ0) is 68.6. The van der Waals surface area contributed by atoms with E-state index in [9.17, 15) is 0 Å². The summed E-state index contributed by atoms with van der Waals surface area (Å²) in [7, 11) is 0. The molecular weight excluding hydrogens is 1290 g/mol. The molecular formula is C66H75N25O3S3. The minimum Gasteiger partial charge on any atom is -0.473 e. The average molecular weight is 1360 g/mol. The van der Waals surface area contributed by atoms with Crippen molar-refractivity contribution in [1.29, 1.82) is 0 Å². The molecule has 0 amide bonds. The molecule has 17 aromatic rings. The van der Waals surface area contributed by atoms with E-state index in [2.05, 4.69) is 139 Å². The highest BCUT2D eigenvalue weighted by Gasteiger charge is 1.93. The minimum atomic E-state index is 1.25. The molecule has 0 spiro atoms. The number of pyridine rings is 1. The molecule has 1 aromatic carbocycles. The number of aromatic amines is 4. The van der Waals surface area contributed by atoms with Crippen molar-refractivity contribution in [3.05, 3.63) is 379 Å². The summed E-state index contributed by atoms with van der Waals surface area (Å²) in [6.45, 7) is 2.50. The topological polar surface area (TPSA) is 372 Å². The molecule has 1 aliphatic rings. The molecule has 16 aromatic heterocycles. The largest absolute Gasteiger partial charge is 0.473 e. The number of rotatable bonds is 0. The SMILES string of the molecule is C1CCNC1.c1c[nH]cn1.c1cc[nH]c1.c1ccccc1.c1ccncc1.c1ccnnc1.c1ccoc1.c1ccsc1.c1cn[nH]c1.c1cnccn1.c1cncnc1.c1cncnc1.c1cnncn1.c1cnoc1.c1cnsc1.c1cocn1.c1cscn1.c1nc[nH]n1. The predicted octanol–water partition coefficient (Wildman–Crippen LogP) is 13.2. The van der Waals surface area contributed by atoms with Crippen LogP contribution in [-0.4, -0.2) is 133 Å². The van der Waals surface area contributed by atoms with Crippen LogP contribution in [0, 0.1) is 0 Å². The Labute approximate surface area is 574 Å². The number of furan rings is 1. The third-order valence-corrected chi connectivity index (χ3v) is 10.1. The van der Waals surface area contributed by atoms with Gasteiger partial charge in [-0.2, -0.15) is 36.8 Å². The van der Waals surface area contributed by atoms with Crippen molar-refractivity contribution in [2.24, 2.45) is 0 Å². The summed E-state index contributed by atoms with van der Waals surface area (Å²) in [6, 6.07) is 42.0. The Kier molecular flexibility index (Phi) is 67.1. The van der Waals surface area contributed by atoms with Crippen molar-refractivity contribution in [2.75, 3.05) is 13.1 Å². The Bertz CT molecular complexity index is 2490. The lowest BCUT2D eigenvalue weighted by atomic mass is 10.4. The third-order valence-electron chi connectivity index (χ3n) is 8.39. The second-order valence-corrected chi connectivity index (χ2v) is 17.7. The summed E-state index contributed by atoms with van der Waals surface area (Å²) in [5.41, 5.74) is 1.79. The maximum atomic E-state index is 4.58. The molecule has 28 nitrogen and oxygen atoms in total. The van der Waals surface area contributed by atoms with Crippen LogP contribution < -0.4 is 5.32 Å². The zero-order valence-corrected chi connectivity index (χ0v) is 55.0. The van der Waals surface area contributed by atoms with Crippen LogP contribution in [0.25, 0.3) is 0 Å². The molecule has 97 heavy (non-hydrogen) atoms. The van der Waals surface area contributed by atoms with Crippen LogP contribution in [0.3, 0.4) is 0 Å². The van der Waals surface area contributed by atoms with Gasteiger partial charge in [0.15, 0.2) is 6.39 Å². The first-order valence-electron chi connectivity index (χ1n) is 28.4. The molecule has 0 aliphatic carbocycles. The standard InChI is InChI=1S/C6H6.C5H5N.4C4H4N2.C4H9N.C4H5N.C4H4O.C4H4S.C3H3N3.2C3H4N2.2C3H3NO.2C3H3NS.C2H3N3/c2*1-2-4-6-5-3-1;1-2-6-4-3-5-1;2*1-2-5-4-6-3-1;1-2-4-6-5-3-1;4*1-2-4-5-3-1;1-2-5-6-3-4-1;1-2-5-3-4-1;1-2-4-5-3-1;1-2-5-3-4-1;1-2-4-5-3-1;1-2-5-3-4-1;1-2-4-5-3-1;1-3-2-5-4-1/h1-6H;1-5H;4*1-4H;5H,1-4H2;1-5H;2*1-4H;1-3H;2*1-3H,(H,4,5);4*1-3H;1-2H,(H,3,4,5). The molecule has 17 heterocycles. The number of nitrogens with zero attached hydrogens (tertiary/aromatic N) is 20. The van der Waals surface area contributed by atoms with Crippen LogP contribution in [0.4, 0.5) is 0 Å². The number of imidazole rings is 1. The summed E-state index contributed by atoms with van der Waals surface area (Å²) < 4.78 is 17.2. The fourth-order valence-corrected chi connectivity index (χ4v) is 5.73. The van der Waals surface area contributed by atoms with Gasteiger partial charge in [0.05, 0.1) is 43.0 Å². The lowest BCUT2D eigenvalue weighted by Crippen LogP contribution is -2.03. The first-order valence-corrected chi connectivity index (χ1v) is 31.2. The van der Waals surface area contributed by atoms with Crippen LogP contribution in [0.5, 0.6) is 0 Å². The third kappa shape index (κ3) is 77.3. The molecule has 0 unspecified atom stereocenters. The van der Waals surface area contributed by atoms with Crippen molar-refractivity contribution in [1.82, 2.24) is 125 Å². The number of nitrogens with one attached hydrogen (secondary N) is 5. The van der Waals surface area contributed by atoms with Gasteiger partial charge in [-0.15, -0.1) is 16.4 Å². The number of hydrogen-bond acceptors (Lipinski definition) is 27. The first-order chi connectivity index (χ1) is 48.5. The highest BCUT2D eigenvalue weighted by molar-refractivity contribution is 7.07. The number of aromatic nitrogens is 24. The van der Waals surface area contributed by atoms with Gasteiger partial charge >= 0.3 is 0 Å². The average Bonchev–Trinajstić information content (AvgIpc) is 4.54. The van der Waals surface area contributed by atoms with Crippen molar-refractivity contribution in [3.8, 4) is 0 Å². The number of oxazole rings is 1. The molecule has 1 saturated heterocycles. The van der Waals surface area contributed by atoms with Gasteiger partial charge in [-0.25, -0.2) is 44.2 Å². The van der Waals surface area contributed by atoms with E-state index < -0.39 is 0 Å². The number of H-pyrrole nitrogens is 4. The Balaban J connectivity index is 0.000000514. The maximum Gasteiger partial charge on any atom is 0.180 e.